The van der Waals surface area contributed by atoms with Crippen molar-refractivity contribution in [1.29, 1.82) is 0 Å². The largest absolute Gasteiger partial charge is 0.444 e. The van der Waals surface area contributed by atoms with E-state index in [1.54, 1.807) is 51.1 Å². The zero-order valence-corrected chi connectivity index (χ0v) is 21.2. The molecule has 0 saturated carbocycles. The van der Waals surface area contributed by atoms with Gasteiger partial charge in [0.25, 0.3) is 5.91 Å². The SMILES string of the molecule is CC(C)(C)NC(=O)c1cc(Cl)ccc1[C@@H](Cc1ccccc1F)C(=O)CNC(=O)OC(C)(C)C. The van der Waals surface area contributed by atoms with E-state index < -0.39 is 40.7 Å². The minimum absolute atomic E-state index is 0.00106. The molecule has 8 heteroatoms. The van der Waals surface area contributed by atoms with Gasteiger partial charge >= 0.3 is 6.09 Å². The Bertz CT molecular complexity index is 1060. The number of Topliss-reactive ketones (excluding diaryl/α,β-unsaturated/α-hetero) is 1. The molecule has 0 unspecified atom stereocenters. The molecule has 2 amide bonds. The lowest BCUT2D eigenvalue weighted by Gasteiger charge is -2.24. The van der Waals surface area contributed by atoms with E-state index in [9.17, 15) is 18.8 Å². The van der Waals surface area contributed by atoms with Crippen LogP contribution in [0.1, 0.15) is 68.9 Å². The molecule has 2 rings (SSSR count). The number of ketones is 1. The molecule has 0 spiro atoms. The summed E-state index contributed by atoms with van der Waals surface area (Å²) in [5.74, 6) is -2.18. The molecule has 0 aromatic heterocycles. The first kappa shape index (κ1) is 27.3. The van der Waals surface area contributed by atoms with E-state index in [1.165, 1.54) is 12.1 Å². The maximum Gasteiger partial charge on any atom is 0.408 e. The van der Waals surface area contributed by atoms with Crippen molar-refractivity contribution >= 4 is 29.4 Å². The third-order valence-corrected chi connectivity index (χ3v) is 4.94. The van der Waals surface area contributed by atoms with Gasteiger partial charge < -0.3 is 15.4 Å². The van der Waals surface area contributed by atoms with E-state index in [0.717, 1.165) is 0 Å². The van der Waals surface area contributed by atoms with Gasteiger partial charge in [-0.3, -0.25) is 9.59 Å². The summed E-state index contributed by atoms with van der Waals surface area (Å²) in [7, 11) is 0. The number of halogens is 2. The van der Waals surface area contributed by atoms with Crippen LogP contribution in [0.15, 0.2) is 42.5 Å². The quantitative estimate of drug-likeness (QED) is 0.542. The van der Waals surface area contributed by atoms with Gasteiger partial charge in [-0.15, -0.1) is 0 Å². The van der Waals surface area contributed by atoms with Crippen molar-refractivity contribution in [1.82, 2.24) is 10.6 Å². The molecule has 0 aliphatic rings. The fraction of sp³-hybridized carbons (Fsp3) is 0.423. The van der Waals surface area contributed by atoms with Crippen LogP contribution in [0, 0.1) is 5.82 Å². The molecule has 34 heavy (non-hydrogen) atoms. The number of ether oxygens (including phenoxy) is 1. The molecule has 1 atom stereocenters. The summed E-state index contributed by atoms with van der Waals surface area (Å²) in [5.41, 5.74) is -0.330. The maximum absolute atomic E-state index is 14.5. The van der Waals surface area contributed by atoms with Gasteiger partial charge in [0, 0.05) is 22.0 Å². The second kappa shape index (κ2) is 11.0. The molecule has 0 saturated heterocycles. The summed E-state index contributed by atoms with van der Waals surface area (Å²) in [5, 5.41) is 5.66. The molecule has 0 radical (unpaired) electrons. The standard InChI is InChI=1S/C26H32ClFN2O4/c1-25(2,3)30-23(32)20-14-17(27)11-12-18(20)19(13-16-9-7-8-10-21(16)28)22(31)15-29-24(33)34-26(4,5)6/h7-12,14,19H,13,15H2,1-6H3,(H,29,33)(H,30,32)/t19-/m1/s1. The molecule has 2 aromatic rings. The Morgan fingerprint density at radius 3 is 2.26 bits per heavy atom. The second-order valence-electron chi connectivity index (χ2n) is 10.1. The van der Waals surface area contributed by atoms with Gasteiger partial charge in [-0.25, -0.2) is 9.18 Å². The number of hydrogen-bond acceptors (Lipinski definition) is 4. The minimum atomic E-state index is -0.912. The Labute approximate surface area is 205 Å². The molecule has 0 bridgehead atoms. The maximum atomic E-state index is 14.5. The van der Waals surface area contributed by atoms with E-state index in [0.29, 0.717) is 16.1 Å². The van der Waals surface area contributed by atoms with Crippen LogP contribution in [0.2, 0.25) is 5.02 Å². The fourth-order valence-corrected chi connectivity index (χ4v) is 3.49. The van der Waals surface area contributed by atoms with Gasteiger partial charge in [-0.05, 0) is 77.3 Å². The third kappa shape index (κ3) is 8.45. The van der Waals surface area contributed by atoms with Gasteiger partial charge in [-0.1, -0.05) is 35.9 Å². The van der Waals surface area contributed by atoms with Crippen LogP contribution in [-0.2, 0) is 16.0 Å². The number of alkyl carbamates (subject to hydrolysis) is 1. The fourth-order valence-electron chi connectivity index (χ4n) is 3.31. The molecule has 0 aliphatic carbocycles. The number of hydrogen-bond donors (Lipinski definition) is 2. The lowest BCUT2D eigenvalue weighted by molar-refractivity contribution is -0.119. The lowest BCUT2D eigenvalue weighted by Crippen LogP contribution is -2.41. The molecule has 6 nitrogen and oxygen atoms in total. The Hall–Kier alpha value is -2.93. The van der Waals surface area contributed by atoms with Gasteiger partial charge in [0.1, 0.15) is 11.4 Å². The average Bonchev–Trinajstić information content (AvgIpc) is 2.69. The smallest absolute Gasteiger partial charge is 0.408 e. The number of amides is 2. The van der Waals surface area contributed by atoms with Crippen molar-refractivity contribution < 1.29 is 23.5 Å². The van der Waals surface area contributed by atoms with E-state index in [4.69, 9.17) is 16.3 Å². The molecular weight excluding hydrogens is 459 g/mol. The first-order chi connectivity index (χ1) is 15.7. The van der Waals surface area contributed by atoms with Crippen LogP contribution in [-0.4, -0.2) is 35.5 Å². The summed E-state index contributed by atoms with van der Waals surface area (Å²) >= 11 is 6.17. The monoisotopic (exact) mass is 490 g/mol. The Morgan fingerprint density at radius 2 is 1.68 bits per heavy atom. The Balaban J connectivity index is 2.44. The lowest BCUT2D eigenvalue weighted by atomic mass is 9.85. The first-order valence-electron chi connectivity index (χ1n) is 11.0. The summed E-state index contributed by atoms with van der Waals surface area (Å²) in [6, 6.07) is 10.8. The highest BCUT2D eigenvalue weighted by atomic mass is 35.5. The van der Waals surface area contributed by atoms with Crippen LogP contribution in [0.3, 0.4) is 0 Å². The number of nitrogens with one attached hydrogen (secondary N) is 2. The average molecular weight is 491 g/mol. The topological polar surface area (TPSA) is 84.5 Å². The van der Waals surface area contributed by atoms with Crippen molar-refractivity contribution in [3.8, 4) is 0 Å². The van der Waals surface area contributed by atoms with Crippen molar-refractivity contribution in [2.45, 2.75) is 65.0 Å². The van der Waals surface area contributed by atoms with Crippen molar-refractivity contribution in [3.05, 3.63) is 70.0 Å². The second-order valence-corrected chi connectivity index (χ2v) is 10.5. The molecular formula is C26H32ClFN2O4. The molecule has 2 N–H and O–H groups in total. The molecule has 0 fully saturated rings. The Morgan fingerprint density at radius 1 is 1.03 bits per heavy atom. The highest BCUT2D eigenvalue weighted by molar-refractivity contribution is 6.31. The number of carbonyl (C=O) groups excluding carboxylic acids is 3. The van der Waals surface area contributed by atoms with Crippen molar-refractivity contribution in [2.75, 3.05) is 6.54 Å². The van der Waals surface area contributed by atoms with E-state index in [1.807, 2.05) is 20.8 Å². The van der Waals surface area contributed by atoms with Crippen molar-refractivity contribution in [2.24, 2.45) is 0 Å². The van der Waals surface area contributed by atoms with Crippen molar-refractivity contribution in [3.63, 3.8) is 0 Å². The predicted octanol–water partition coefficient (Wildman–Crippen LogP) is 5.43. The highest BCUT2D eigenvalue weighted by Crippen LogP contribution is 2.29. The highest BCUT2D eigenvalue weighted by Gasteiger charge is 2.29. The van der Waals surface area contributed by atoms with Crippen LogP contribution in [0.4, 0.5) is 9.18 Å². The Kier molecular flexibility index (Phi) is 8.83. The molecule has 0 aliphatic heterocycles. The van der Waals surface area contributed by atoms with Crippen LogP contribution >= 0.6 is 11.6 Å². The number of benzene rings is 2. The normalized spacial score (nSPS) is 12.6. The molecule has 2 aromatic carbocycles. The third-order valence-electron chi connectivity index (χ3n) is 4.70. The summed E-state index contributed by atoms with van der Waals surface area (Å²) in [6.45, 7) is 10.3. The predicted molar refractivity (Wildman–Crippen MR) is 131 cm³/mol. The summed E-state index contributed by atoms with van der Waals surface area (Å²) < 4.78 is 19.7. The summed E-state index contributed by atoms with van der Waals surface area (Å²) in [6.07, 6.45) is -0.744. The number of carbonyl (C=O) groups is 3. The van der Waals surface area contributed by atoms with E-state index in [2.05, 4.69) is 10.6 Å². The minimum Gasteiger partial charge on any atom is -0.444 e. The number of rotatable bonds is 7. The molecule has 0 heterocycles. The van der Waals surface area contributed by atoms with E-state index in [-0.39, 0.29) is 18.5 Å². The van der Waals surface area contributed by atoms with Gasteiger partial charge in [0.2, 0.25) is 0 Å². The van der Waals surface area contributed by atoms with Crippen LogP contribution < -0.4 is 10.6 Å². The molecule has 184 valence electrons. The van der Waals surface area contributed by atoms with Crippen LogP contribution in [0.25, 0.3) is 0 Å². The summed E-state index contributed by atoms with van der Waals surface area (Å²) in [4.78, 5) is 38.5. The zero-order valence-electron chi connectivity index (χ0n) is 20.4. The van der Waals surface area contributed by atoms with E-state index >= 15 is 0 Å². The van der Waals surface area contributed by atoms with Crippen LogP contribution in [0.5, 0.6) is 0 Å². The van der Waals surface area contributed by atoms with Gasteiger partial charge in [0.15, 0.2) is 5.78 Å². The van der Waals surface area contributed by atoms with Gasteiger partial charge in [0.05, 0.1) is 6.54 Å². The first-order valence-corrected chi connectivity index (χ1v) is 11.4. The zero-order chi connectivity index (χ0) is 25.7. The van der Waals surface area contributed by atoms with Gasteiger partial charge in [-0.2, -0.15) is 0 Å².